The predicted molar refractivity (Wildman–Crippen MR) is 57.1 cm³/mol. The van der Waals surface area contributed by atoms with Crippen LogP contribution in [0.4, 0.5) is 0 Å². The summed E-state index contributed by atoms with van der Waals surface area (Å²) in [4.78, 5) is 1.91. The molecule has 1 aliphatic rings. The zero-order valence-corrected chi connectivity index (χ0v) is 8.72. The molecule has 0 aromatic heterocycles. The Balaban J connectivity index is 2.20. The Hall–Kier alpha value is -1.37. The second-order valence-electron chi connectivity index (χ2n) is 3.99. The summed E-state index contributed by atoms with van der Waals surface area (Å²) in [5.74, 6) is 0. The minimum absolute atomic E-state index is 0.0436. The van der Waals surface area contributed by atoms with Gasteiger partial charge in [-0.2, -0.15) is 5.26 Å². The molecule has 3 heteroatoms. The second-order valence-corrected chi connectivity index (χ2v) is 3.99. The van der Waals surface area contributed by atoms with Gasteiger partial charge in [-0.3, -0.25) is 4.90 Å². The molecule has 1 aliphatic carbocycles. The topological polar surface area (TPSA) is 47.3 Å². The maximum Gasteiger partial charge on any atom is 0.0951 e. The largest absolute Gasteiger partial charge is 0.387 e. The molecule has 15 heavy (non-hydrogen) atoms. The van der Waals surface area contributed by atoms with Crippen molar-refractivity contribution in [3.8, 4) is 6.07 Å². The third kappa shape index (κ3) is 1.74. The first kappa shape index (κ1) is 10.2. The van der Waals surface area contributed by atoms with Crippen molar-refractivity contribution in [2.24, 2.45) is 0 Å². The molecule has 1 aromatic carbocycles. The van der Waals surface area contributed by atoms with Crippen LogP contribution in [0.1, 0.15) is 17.2 Å². The van der Waals surface area contributed by atoms with Crippen LogP contribution in [0.2, 0.25) is 0 Å². The van der Waals surface area contributed by atoms with Crippen LogP contribution in [0, 0.1) is 11.3 Å². The number of rotatable bonds is 2. The molecular formula is C12H14N2O. The van der Waals surface area contributed by atoms with E-state index < -0.39 is 6.10 Å². The predicted octanol–water partition coefficient (Wildman–Crippen LogP) is 1.10. The van der Waals surface area contributed by atoms with Gasteiger partial charge in [-0.25, -0.2) is 0 Å². The van der Waals surface area contributed by atoms with E-state index in [1.165, 1.54) is 5.56 Å². The third-order valence-corrected chi connectivity index (χ3v) is 3.05. The molecule has 2 atom stereocenters. The van der Waals surface area contributed by atoms with E-state index >= 15 is 0 Å². The molecule has 0 saturated carbocycles. The SMILES string of the molecule is CN(CC#N)C1Cc2ccccc2C1O. The van der Waals surface area contributed by atoms with Crippen molar-refractivity contribution in [2.45, 2.75) is 18.6 Å². The van der Waals surface area contributed by atoms with Crippen LogP contribution >= 0.6 is 0 Å². The van der Waals surface area contributed by atoms with Crippen LogP contribution in [-0.4, -0.2) is 29.6 Å². The molecule has 0 aliphatic heterocycles. The number of hydrogen-bond donors (Lipinski definition) is 1. The molecule has 0 saturated heterocycles. The lowest BCUT2D eigenvalue weighted by atomic mass is 10.1. The normalized spacial score (nSPS) is 23.9. The summed E-state index contributed by atoms with van der Waals surface area (Å²) < 4.78 is 0. The molecule has 0 heterocycles. The van der Waals surface area contributed by atoms with Gasteiger partial charge in [0.25, 0.3) is 0 Å². The lowest BCUT2D eigenvalue weighted by molar-refractivity contribution is 0.0832. The van der Waals surface area contributed by atoms with Crippen molar-refractivity contribution in [1.82, 2.24) is 4.90 Å². The minimum atomic E-state index is -0.459. The van der Waals surface area contributed by atoms with Crippen LogP contribution < -0.4 is 0 Å². The van der Waals surface area contributed by atoms with E-state index in [-0.39, 0.29) is 6.04 Å². The van der Waals surface area contributed by atoms with Crippen LogP contribution in [0.15, 0.2) is 24.3 Å². The fourth-order valence-electron chi connectivity index (χ4n) is 2.18. The van der Waals surface area contributed by atoms with E-state index in [9.17, 15) is 5.11 Å². The number of likely N-dealkylation sites (N-methyl/N-ethyl adjacent to an activating group) is 1. The maximum atomic E-state index is 10.1. The summed E-state index contributed by atoms with van der Waals surface area (Å²) in [6, 6.07) is 10.1. The van der Waals surface area contributed by atoms with Gasteiger partial charge in [0.1, 0.15) is 0 Å². The zero-order chi connectivity index (χ0) is 10.8. The van der Waals surface area contributed by atoms with E-state index in [0.717, 1.165) is 12.0 Å². The van der Waals surface area contributed by atoms with Crippen LogP contribution in [0.25, 0.3) is 0 Å². The molecule has 2 unspecified atom stereocenters. The quantitative estimate of drug-likeness (QED) is 0.730. The van der Waals surface area contributed by atoms with Crippen LogP contribution in [0.5, 0.6) is 0 Å². The van der Waals surface area contributed by atoms with Gasteiger partial charge in [0.05, 0.1) is 18.7 Å². The molecule has 0 amide bonds. The highest BCUT2D eigenvalue weighted by Crippen LogP contribution is 2.33. The maximum absolute atomic E-state index is 10.1. The van der Waals surface area contributed by atoms with Crippen LogP contribution in [0.3, 0.4) is 0 Å². The number of nitrogens with zero attached hydrogens (tertiary/aromatic N) is 2. The van der Waals surface area contributed by atoms with E-state index in [4.69, 9.17) is 5.26 Å². The molecule has 0 spiro atoms. The Morgan fingerprint density at radius 2 is 2.27 bits per heavy atom. The Bertz CT molecular complexity index is 397. The van der Waals surface area contributed by atoms with E-state index in [1.54, 1.807) is 0 Å². The van der Waals surface area contributed by atoms with Gasteiger partial charge in [0.2, 0.25) is 0 Å². The monoisotopic (exact) mass is 202 g/mol. The molecule has 1 N–H and O–H groups in total. The fourth-order valence-corrected chi connectivity index (χ4v) is 2.18. The summed E-state index contributed by atoms with van der Waals surface area (Å²) in [6.45, 7) is 0.357. The first-order valence-electron chi connectivity index (χ1n) is 5.07. The Morgan fingerprint density at radius 1 is 1.53 bits per heavy atom. The van der Waals surface area contributed by atoms with Crippen molar-refractivity contribution in [3.63, 3.8) is 0 Å². The number of nitriles is 1. The summed E-state index contributed by atoms with van der Waals surface area (Å²) in [6.07, 6.45) is 0.370. The number of hydrogen-bond acceptors (Lipinski definition) is 3. The summed E-state index contributed by atoms with van der Waals surface area (Å²) >= 11 is 0. The molecule has 2 rings (SSSR count). The highest BCUT2D eigenvalue weighted by atomic mass is 16.3. The van der Waals surface area contributed by atoms with Gasteiger partial charge in [-0.15, -0.1) is 0 Å². The highest BCUT2D eigenvalue weighted by molar-refractivity contribution is 5.35. The fraction of sp³-hybridized carbons (Fsp3) is 0.417. The number of aliphatic hydroxyl groups excluding tert-OH is 1. The van der Waals surface area contributed by atoms with Crippen molar-refractivity contribution < 1.29 is 5.11 Å². The molecule has 0 fully saturated rings. The molecule has 0 radical (unpaired) electrons. The van der Waals surface area contributed by atoms with Gasteiger partial charge in [-0.05, 0) is 24.6 Å². The Labute approximate surface area is 89.6 Å². The lowest BCUT2D eigenvalue weighted by Crippen LogP contribution is -2.35. The summed E-state index contributed by atoms with van der Waals surface area (Å²) in [7, 11) is 1.88. The molecule has 3 nitrogen and oxygen atoms in total. The average Bonchev–Trinajstić information content (AvgIpc) is 2.57. The van der Waals surface area contributed by atoms with E-state index in [0.29, 0.717) is 6.54 Å². The first-order valence-corrected chi connectivity index (χ1v) is 5.07. The number of fused-ring (bicyclic) bond motifs is 1. The van der Waals surface area contributed by atoms with Gasteiger partial charge >= 0.3 is 0 Å². The molecule has 0 bridgehead atoms. The smallest absolute Gasteiger partial charge is 0.0951 e. The Morgan fingerprint density at radius 3 is 2.93 bits per heavy atom. The minimum Gasteiger partial charge on any atom is -0.387 e. The second kappa shape index (κ2) is 4.01. The Kier molecular flexibility index (Phi) is 2.72. The van der Waals surface area contributed by atoms with Crippen molar-refractivity contribution in [1.29, 1.82) is 5.26 Å². The summed E-state index contributed by atoms with van der Waals surface area (Å²) in [5.41, 5.74) is 2.20. The third-order valence-electron chi connectivity index (χ3n) is 3.05. The summed E-state index contributed by atoms with van der Waals surface area (Å²) in [5, 5.41) is 18.7. The molecule has 78 valence electrons. The number of aliphatic hydroxyl groups is 1. The van der Waals surface area contributed by atoms with Crippen molar-refractivity contribution >= 4 is 0 Å². The van der Waals surface area contributed by atoms with Crippen LogP contribution in [-0.2, 0) is 6.42 Å². The standard InChI is InChI=1S/C12H14N2O/c1-14(7-6-13)11-8-9-4-2-3-5-10(9)12(11)15/h2-5,11-12,15H,7-8H2,1H3. The van der Waals surface area contributed by atoms with Crippen molar-refractivity contribution in [2.75, 3.05) is 13.6 Å². The first-order chi connectivity index (χ1) is 7.24. The van der Waals surface area contributed by atoms with Gasteiger partial charge < -0.3 is 5.11 Å². The average molecular weight is 202 g/mol. The highest BCUT2D eigenvalue weighted by Gasteiger charge is 2.32. The van der Waals surface area contributed by atoms with Gasteiger partial charge in [0.15, 0.2) is 0 Å². The van der Waals surface area contributed by atoms with Gasteiger partial charge in [-0.1, -0.05) is 24.3 Å². The number of benzene rings is 1. The van der Waals surface area contributed by atoms with Gasteiger partial charge in [0, 0.05) is 6.04 Å². The molecule has 1 aromatic rings. The zero-order valence-electron chi connectivity index (χ0n) is 8.72. The van der Waals surface area contributed by atoms with E-state index in [1.807, 2.05) is 36.2 Å². The molecular weight excluding hydrogens is 188 g/mol. The van der Waals surface area contributed by atoms with E-state index in [2.05, 4.69) is 6.07 Å². The van der Waals surface area contributed by atoms with Crippen molar-refractivity contribution in [3.05, 3.63) is 35.4 Å². The lowest BCUT2D eigenvalue weighted by Gasteiger charge is -2.24.